The molecular formula is C25H23Cl2N3O4. The normalized spacial score (nSPS) is 12.9. The van der Waals surface area contributed by atoms with Crippen LogP contribution in [-0.2, 0) is 25.9 Å². The average molecular weight is 500 g/mol. The lowest BCUT2D eigenvalue weighted by molar-refractivity contribution is 0.100. The molecule has 1 amide bonds. The van der Waals surface area contributed by atoms with Crippen LogP contribution in [0.15, 0.2) is 58.5 Å². The Balaban J connectivity index is 1.61. The van der Waals surface area contributed by atoms with Crippen molar-refractivity contribution in [3.63, 3.8) is 0 Å². The first-order valence-electron chi connectivity index (χ1n) is 10.9. The Kier molecular flexibility index (Phi) is 7.34. The highest BCUT2D eigenvalue weighted by Gasteiger charge is 2.21. The second kappa shape index (κ2) is 10.4. The third-order valence-corrected chi connectivity index (χ3v) is 6.65. The number of hydrogen-bond acceptors (Lipinski definition) is 5. The fraction of sp³-hybridized carbons (Fsp3) is 0.280. The van der Waals surface area contributed by atoms with Gasteiger partial charge >= 0.3 is 5.91 Å². The van der Waals surface area contributed by atoms with Crippen molar-refractivity contribution in [2.75, 3.05) is 18.6 Å². The zero-order valence-electron chi connectivity index (χ0n) is 18.6. The summed E-state index contributed by atoms with van der Waals surface area (Å²) in [5.74, 6) is 0.00443. The fourth-order valence-electron chi connectivity index (χ4n) is 4.27. The van der Waals surface area contributed by atoms with Crippen LogP contribution in [0.3, 0.4) is 0 Å². The van der Waals surface area contributed by atoms with E-state index < -0.39 is 5.91 Å². The summed E-state index contributed by atoms with van der Waals surface area (Å²) < 4.78 is 6.98. The van der Waals surface area contributed by atoms with E-state index in [-0.39, 0.29) is 16.1 Å². The van der Waals surface area contributed by atoms with E-state index >= 15 is 0 Å². The molecular weight excluding hydrogens is 477 g/mol. The number of carbonyl (C=O) groups is 1. The van der Waals surface area contributed by atoms with Gasteiger partial charge in [0.05, 0.1) is 24.4 Å². The summed E-state index contributed by atoms with van der Waals surface area (Å²) >= 11 is 12.8. The lowest BCUT2D eigenvalue weighted by atomic mass is 10.0. The van der Waals surface area contributed by atoms with Gasteiger partial charge in [-0.15, -0.1) is 4.91 Å². The number of pyridine rings is 1. The number of ether oxygens (including phenoxy) is 1. The Morgan fingerprint density at radius 1 is 1.09 bits per heavy atom. The lowest BCUT2D eigenvalue weighted by Crippen LogP contribution is -2.33. The van der Waals surface area contributed by atoms with Crippen LogP contribution < -0.4 is 15.2 Å². The van der Waals surface area contributed by atoms with Crippen molar-refractivity contribution >= 4 is 34.8 Å². The van der Waals surface area contributed by atoms with E-state index in [9.17, 15) is 14.5 Å². The van der Waals surface area contributed by atoms with Crippen LogP contribution in [-0.4, -0.2) is 24.1 Å². The smallest absolute Gasteiger partial charge is 0.316 e. The molecule has 1 aliphatic rings. The fourth-order valence-corrected chi connectivity index (χ4v) is 4.80. The molecule has 7 nitrogen and oxygen atoms in total. The van der Waals surface area contributed by atoms with Crippen LogP contribution in [0, 0.1) is 4.91 Å². The van der Waals surface area contributed by atoms with Crippen molar-refractivity contribution in [1.29, 1.82) is 0 Å². The number of aryl methyl sites for hydroxylation is 2. The molecule has 0 bridgehead atoms. The van der Waals surface area contributed by atoms with Gasteiger partial charge in [-0.05, 0) is 66.8 Å². The number of carbonyl (C=O) groups excluding carboxylic acids is 1. The predicted octanol–water partition coefficient (Wildman–Crippen LogP) is 5.27. The summed E-state index contributed by atoms with van der Waals surface area (Å²) in [5.41, 5.74) is 3.81. The van der Waals surface area contributed by atoms with Crippen LogP contribution in [0.25, 0.3) is 0 Å². The van der Waals surface area contributed by atoms with Crippen molar-refractivity contribution in [2.24, 2.45) is 5.18 Å². The van der Waals surface area contributed by atoms with Gasteiger partial charge in [-0.3, -0.25) is 9.59 Å². The van der Waals surface area contributed by atoms with Gasteiger partial charge in [0.25, 0.3) is 5.56 Å². The number of fused-ring (bicyclic) bond motifs is 1. The molecule has 0 radical (unpaired) electrons. The molecule has 1 aliphatic heterocycles. The molecule has 34 heavy (non-hydrogen) atoms. The first-order chi connectivity index (χ1) is 16.4. The van der Waals surface area contributed by atoms with Gasteiger partial charge in [0.2, 0.25) is 0 Å². The Morgan fingerprint density at radius 2 is 1.85 bits per heavy atom. The molecule has 2 heterocycles. The highest BCUT2D eigenvalue weighted by molar-refractivity contribution is 6.34. The molecule has 0 fully saturated rings. The molecule has 0 atom stereocenters. The Labute approximate surface area is 206 Å². The van der Waals surface area contributed by atoms with Gasteiger partial charge in [-0.25, -0.2) is 0 Å². The molecule has 3 aromatic rings. The molecule has 9 heteroatoms. The van der Waals surface area contributed by atoms with Crippen molar-refractivity contribution in [2.45, 2.75) is 32.4 Å². The van der Waals surface area contributed by atoms with Crippen LogP contribution in [0.1, 0.15) is 33.6 Å². The summed E-state index contributed by atoms with van der Waals surface area (Å²) in [6.45, 7) is 1.66. The molecule has 0 N–H and O–H groups in total. The molecule has 176 valence electrons. The number of halogens is 2. The van der Waals surface area contributed by atoms with E-state index in [2.05, 4.69) is 10.1 Å². The summed E-state index contributed by atoms with van der Waals surface area (Å²) in [4.78, 5) is 37.0. The van der Waals surface area contributed by atoms with Crippen LogP contribution in [0.4, 0.5) is 5.69 Å². The van der Waals surface area contributed by atoms with Crippen molar-refractivity contribution in [3.05, 3.63) is 96.2 Å². The van der Waals surface area contributed by atoms with Crippen LogP contribution in [0.2, 0.25) is 10.0 Å². The maximum Gasteiger partial charge on any atom is 0.316 e. The number of hydrogen-bond donors (Lipinski definition) is 0. The molecule has 0 saturated carbocycles. The minimum atomic E-state index is -0.814. The van der Waals surface area contributed by atoms with E-state index in [4.69, 9.17) is 27.9 Å². The first-order valence-corrected chi connectivity index (χ1v) is 11.6. The molecule has 0 spiro atoms. The highest BCUT2D eigenvalue weighted by Crippen LogP contribution is 2.32. The van der Waals surface area contributed by atoms with Crippen molar-refractivity contribution < 1.29 is 9.53 Å². The number of nitroso groups, excluding NO2 is 1. The number of aromatic nitrogens is 1. The Hall–Kier alpha value is -3.16. The molecule has 0 saturated heterocycles. The number of nitrogens with zero attached hydrogens (tertiary/aromatic N) is 3. The summed E-state index contributed by atoms with van der Waals surface area (Å²) in [6, 6.07) is 14.1. The number of amides is 1. The quantitative estimate of drug-likeness (QED) is 0.413. The predicted molar refractivity (Wildman–Crippen MR) is 133 cm³/mol. The number of rotatable bonds is 7. The maximum absolute atomic E-state index is 13.0. The maximum atomic E-state index is 13.0. The van der Waals surface area contributed by atoms with Gasteiger partial charge in [0, 0.05) is 29.5 Å². The third kappa shape index (κ3) is 5.00. The standard InChI is InChI=1S/C25H23Cl2N3O4/c1-34-19-8-9-22-18(13-19)3-2-11-29(22)15-23-20(26)14-21(27)25(32)30(23)12-10-16-4-6-17(7-5-16)24(31)28-33/h4-9,13-14H,2-3,10-12,15H2,1H3. The van der Waals surface area contributed by atoms with Crippen molar-refractivity contribution in [1.82, 2.24) is 4.57 Å². The number of methoxy groups -OCH3 is 1. The second-order valence-electron chi connectivity index (χ2n) is 8.11. The lowest BCUT2D eigenvalue weighted by Gasteiger charge is -2.32. The SMILES string of the molecule is COc1ccc2c(c1)CCCN2Cc1c(Cl)cc(Cl)c(=O)n1CCc1ccc(C(=O)N=O)cc1. The Morgan fingerprint density at radius 3 is 2.56 bits per heavy atom. The molecule has 2 aromatic carbocycles. The zero-order valence-corrected chi connectivity index (χ0v) is 20.1. The van der Waals surface area contributed by atoms with Crippen molar-refractivity contribution in [3.8, 4) is 5.75 Å². The zero-order chi connectivity index (χ0) is 24.2. The summed E-state index contributed by atoms with van der Waals surface area (Å²) in [7, 11) is 1.65. The molecule has 0 aliphatic carbocycles. The second-order valence-corrected chi connectivity index (χ2v) is 8.92. The van der Waals surface area contributed by atoms with Gasteiger partial charge in [-0.1, -0.05) is 35.3 Å². The van der Waals surface area contributed by atoms with E-state index in [1.54, 1.807) is 35.9 Å². The number of anilines is 1. The summed E-state index contributed by atoms with van der Waals surface area (Å²) in [6.07, 6.45) is 2.46. The summed E-state index contributed by atoms with van der Waals surface area (Å²) in [5, 5.41) is 2.93. The first kappa shape index (κ1) is 24.0. The molecule has 1 aromatic heterocycles. The molecule has 0 unspecified atom stereocenters. The largest absolute Gasteiger partial charge is 0.497 e. The Bertz CT molecular complexity index is 1290. The average Bonchev–Trinajstić information content (AvgIpc) is 2.86. The van der Waals surface area contributed by atoms with E-state index in [1.807, 2.05) is 18.2 Å². The monoisotopic (exact) mass is 499 g/mol. The van der Waals surface area contributed by atoms with Gasteiger partial charge in [-0.2, -0.15) is 0 Å². The number of benzene rings is 2. The highest BCUT2D eigenvalue weighted by atomic mass is 35.5. The topological polar surface area (TPSA) is 81.0 Å². The minimum Gasteiger partial charge on any atom is -0.497 e. The van der Waals surface area contributed by atoms with Crippen LogP contribution >= 0.6 is 23.2 Å². The van der Waals surface area contributed by atoms with Gasteiger partial charge in [0.1, 0.15) is 10.8 Å². The van der Waals surface area contributed by atoms with Gasteiger partial charge < -0.3 is 14.2 Å². The minimum absolute atomic E-state index is 0.0653. The van der Waals surface area contributed by atoms with E-state index in [0.717, 1.165) is 36.4 Å². The van der Waals surface area contributed by atoms with E-state index in [0.29, 0.717) is 30.2 Å². The van der Waals surface area contributed by atoms with E-state index in [1.165, 1.54) is 11.6 Å². The molecule has 4 rings (SSSR count). The van der Waals surface area contributed by atoms with Crippen LogP contribution in [0.5, 0.6) is 5.75 Å². The third-order valence-electron chi connectivity index (χ3n) is 6.05. The van der Waals surface area contributed by atoms with Gasteiger partial charge in [0.15, 0.2) is 0 Å².